The van der Waals surface area contributed by atoms with Crippen LogP contribution >= 0.6 is 12.6 Å². The molecule has 1 aromatic carbocycles. The molecule has 2 fully saturated rings. The molecule has 1 aromatic rings. The molecule has 102 valence electrons. The van der Waals surface area contributed by atoms with E-state index in [1.807, 2.05) is 29.2 Å². The van der Waals surface area contributed by atoms with Crippen LogP contribution in [0.5, 0.6) is 0 Å². The van der Waals surface area contributed by atoms with E-state index >= 15 is 0 Å². The van der Waals surface area contributed by atoms with Crippen molar-refractivity contribution in [1.29, 1.82) is 0 Å². The number of nitrogens with zero attached hydrogens (tertiary/aromatic N) is 1. The van der Waals surface area contributed by atoms with Crippen molar-refractivity contribution in [1.82, 2.24) is 0 Å². The molecule has 1 atom stereocenters. The lowest BCUT2D eigenvalue weighted by molar-refractivity contribution is -0.117. The lowest BCUT2D eigenvalue weighted by Gasteiger charge is -2.18. The lowest BCUT2D eigenvalue weighted by Crippen LogP contribution is -2.24. The minimum atomic E-state index is -0.293. The number of hydrogen-bond acceptors (Lipinski definition) is 4. The first-order valence-corrected chi connectivity index (χ1v) is 7.15. The molecule has 4 nitrogen and oxygen atoms in total. The van der Waals surface area contributed by atoms with E-state index in [1.54, 1.807) is 0 Å². The van der Waals surface area contributed by atoms with Gasteiger partial charge in [0.2, 0.25) is 5.91 Å². The molecule has 0 aromatic heterocycles. The third-order valence-corrected chi connectivity index (χ3v) is 4.06. The van der Waals surface area contributed by atoms with Gasteiger partial charge in [-0.15, -0.1) is 0 Å². The Kier molecular flexibility index (Phi) is 3.77. The van der Waals surface area contributed by atoms with E-state index in [2.05, 4.69) is 12.6 Å². The first-order valence-electron chi connectivity index (χ1n) is 6.52. The molecule has 1 unspecified atom stereocenters. The summed E-state index contributed by atoms with van der Waals surface area (Å²) in [6, 6.07) is 7.85. The second kappa shape index (κ2) is 5.53. The fourth-order valence-electron chi connectivity index (χ4n) is 2.54. The van der Waals surface area contributed by atoms with Crippen molar-refractivity contribution in [2.24, 2.45) is 5.92 Å². The number of thiol groups is 1. The second-order valence-corrected chi connectivity index (χ2v) is 5.29. The fourth-order valence-corrected chi connectivity index (χ4v) is 2.79. The SMILES string of the molecule is O=C1CC(CS)CN1c1cccc(C2OCCO2)c1. The van der Waals surface area contributed by atoms with Crippen LogP contribution in [0.1, 0.15) is 18.3 Å². The van der Waals surface area contributed by atoms with Crippen LogP contribution in [-0.4, -0.2) is 31.4 Å². The van der Waals surface area contributed by atoms with E-state index < -0.39 is 0 Å². The molecular weight excluding hydrogens is 262 g/mol. The van der Waals surface area contributed by atoms with Gasteiger partial charge in [-0.3, -0.25) is 4.79 Å². The summed E-state index contributed by atoms with van der Waals surface area (Å²) in [6.45, 7) is 2.00. The Morgan fingerprint density at radius 2 is 2.11 bits per heavy atom. The second-order valence-electron chi connectivity index (χ2n) is 4.93. The zero-order valence-electron chi connectivity index (χ0n) is 10.6. The Bertz CT molecular complexity index is 474. The molecule has 0 aliphatic carbocycles. The zero-order valence-corrected chi connectivity index (χ0v) is 11.5. The van der Waals surface area contributed by atoms with Crippen molar-refractivity contribution in [3.05, 3.63) is 29.8 Å². The van der Waals surface area contributed by atoms with Crippen LogP contribution in [0, 0.1) is 5.92 Å². The highest BCUT2D eigenvalue weighted by atomic mass is 32.1. The Labute approximate surface area is 118 Å². The van der Waals surface area contributed by atoms with Gasteiger partial charge in [0, 0.05) is 24.2 Å². The van der Waals surface area contributed by atoms with Crippen molar-refractivity contribution < 1.29 is 14.3 Å². The average molecular weight is 279 g/mol. The van der Waals surface area contributed by atoms with Crippen LogP contribution in [-0.2, 0) is 14.3 Å². The maximum atomic E-state index is 12.0. The van der Waals surface area contributed by atoms with Gasteiger partial charge in [0.05, 0.1) is 13.2 Å². The zero-order chi connectivity index (χ0) is 13.2. The summed E-state index contributed by atoms with van der Waals surface area (Å²) in [5.41, 5.74) is 1.89. The van der Waals surface area contributed by atoms with Crippen molar-refractivity contribution >= 4 is 24.2 Å². The minimum absolute atomic E-state index is 0.171. The summed E-state index contributed by atoms with van der Waals surface area (Å²) >= 11 is 4.28. The molecule has 2 aliphatic rings. The Balaban J connectivity index is 1.81. The summed E-state index contributed by atoms with van der Waals surface area (Å²) in [5.74, 6) is 1.26. The Morgan fingerprint density at radius 3 is 2.79 bits per heavy atom. The number of benzene rings is 1. The minimum Gasteiger partial charge on any atom is -0.346 e. The lowest BCUT2D eigenvalue weighted by atomic mass is 10.1. The van der Waals surface area contributed by atoms with E-state index in [0.717, 1.165) is 23.5 Å². The maximum absolute atomic E-state index is 12.0. The number of ether oxygens (including phenoxy) is 2. The third kappa shape index (κ3) is 2.63. The first-order chi connectivity index (χ1) is 9.28. The monoisotopic (exact) mass is 279 g/mol. The highest BCUT2D eigenvalue weighted by molar-refractivity contribution is 7.80. The predicted octanol–water partition coefficient (Wildman–Crippen LogP) is 2.01. The highest BCUT2D eigenvalue weighted by Gasteiger charge is 2.30. The van der Waals surface area contributed by atoms with E-state index in [4.69, 9.17) is 9.47 Å². The van der Waals surface area contributed by atoms with Gasteiger partial charge in [0.15, 0.2) is 6.29 Å². The average Bonchev–Trinajstić information content (AvgIpc) is 3.08. The molecule has 0 N–H and O–H groups in total. The van der Waals surface area contributed by atoms with Gasteiger partial charge in [-0.05, 0) is 23.8 Å². The van der Waals surface area contributed by atoms with Crippen LogP contribution in [0.2, 0.25) is 0 Å². The predicted molar refractivity (Wildman–Crippen MR) is 75.4 cm³/mol. The molecule has 0 bridgehead atoms. The van der Waals surface area contributed by atoms with Crippen LogP contribution in [0.3, 0.4) is 0 Å². The van der Waals surface area contributed by atoms with Crippen LogP contribution in [0.4, 0.5) is 5.69 Å². The Hall–Kier alpha value is -1.04. The third-order valence-electron chi connectivity index (χ3n) is 3.54. The number of hydrogen-bond donors (Lipinski definition) is 1. The molecule has 2 aliphatic heterocycles. The molecule has 2 saturated heterocycles. The summed E-state index contributed by atoms with van der Waals surface area (Å²) < 4.78 is 11.0. The number of carbonyl (C=O) groups is 1. The molecule has 5 heteroatoms. The van der Waals surface area contributed by atoms with Crippen LogP contribution in [0.25, 0.3) is 0 Å². The van der Waals surface area contributed by atoms with Gasteiger partial charge in [-0.2, -0.15) is 12.6 Å². The quantitative estimate of drug-likeness (QED) is 0.860. The number of carbonyl (C=O) groups excluding carboxylic acids is 1. The Morgan fingerprint density at radius 1 is 1.32 bits per heavy atom. The summed E-state index contributed by atoms with van der Waals surface area (Å²) in [7, 11) is 0. The van der Waals surface area contributed by atoms with Crippen LogP contribution in [0.15, 0.2) is 24.3 Å². The summed E-state index contributed by atoms with van der Waals surface area (Å²) in [4.78, 5) is 13.8. The van der Waals surface area contributed by atoms with E-state index in [-0.39, 0.29) is 12.2 Å². The largest absolute Gasteiger partial charge is 0.346 e. The van der Waals surface area contributed by atoms with E-state index in [0.29, 0.717) is 25.6 Å². The van der Waals surface area contributed by atoms with Gasteiger partial charge in [0.25, 0.3) is 0 Å². The topological polar surface area (TPSA) is 38.8 Å². The van der Waals surface area contributed by atoms with Gasteiger partial charge >= 0.3 is 0 Å². The van der Waals surface area contributed by atoms with E-state index in [1.165, 1.54) is 0 Å². The molecule has 19 heavy (non-hydrogen) atoms. The molecule has 3 rings (SSSR count). The van der Waals surface area contributed by atoms with Crippen LogP contribution < -0.4 is 4.90 Å². The normalized spacial score (nSPS) is 24.4. The number of rotatable bonds is 3. The van der Waals surface area contributed by atoms with Gasteiger partial charge in [-0.1, -0.05) is 12.1 Å². The molecule has 1 amide bonds. The molecule has 0 spiro atoms. The van der Waals surface area contributed by atoms with Crippen molar-refractivity contribution in [3.63, 3.8) is 0 Å². The fraction of sp³-hybridized carbons (Fsp3) is 0.500. The van der Waals surface area contributed by atoms with E-state index in [9.17, 15) is 4.79 Å². The highest BCUT2D eigenvalue weighted by Crippen LogP contribution is 2.30. The smallest absolute Gasteiger partial charge is 0.227 e. The molecule has 0 radical (unpaired) electrons. The molecule has 2 heterocycles. The summed E-state index contributed by atoms with van der Waals surface area (Å²) in [6.07, 6.45) is 0.294. The number of anilines is 1. The van der Waals surface area contributed by atoms with Crippen molar-refractivity contribution in [2.45, 2.75) is 12.7 Å². The van der Waals surface area contributed by atoms with Gasteiger partial charge in [0.1, 0.15) is 0 Å². The maximum Gasteiger partial charge on any atom is 0.227 e. The van der Waals surface area contributed by atoms with Gasteiger partial charge in [-0.25, -0.2) is 0 Å². The van der Waals surface area contributed by atoms with Crippen molar-refractivity contribution in [3.8, 4) is 0 Å². The standard InChI is InChI=1S/C14H17NO3S/c16-13-6-10(9-19)8-15(13)12-3-1-2-11(7-12)14-17-4-5-18-14/h1-3,7,10,14,19H,4-6,8-9H2. The molecule has 0 saturated carbocycles. The van der Waals surface area contributed by atoms with Crippen molar-refractivity contribution in [2.75, 3.05) is 30.4 Å². The molecular formula is C14H17NO3S. The number of amides is 1. The van der Waals surface area contributed by atoms with Gasteiger partial charge < -0.3 is 14.4 Å². The first kappa shape index (κ1) is 13.0. The summed E-state index contributed by atoms with van der Waals surface area (Å²) in [5, 5.41) is 0.